The van der Waals surface area contributed by atoms with E-state index in [9.17, 15) is 9.18 Å². The maximum Gasteiger partial charge on any atom is 0.230 e. The van der Waals surface area contributed by atoms with Crippen molar-refractivity contribution < 1.29 is 9.18 Å². The normalized spacial score (nSPS) is 21.2. The Morgan fingerprint density at radius 1 is 1.32 bits per heavy atom. The van der Waals surface area contributed by atoms with E-state index in [1.807, 2.05) is 6.07 Å². The topological polar surface area (TPSA) is 58.1 Å². The molecule has 132 valence electrons. The lowest BCUT2D eigenvalue weighted by Crippen LogP contribution is -2.40. The molecule has 5 nitrogen and oxygen atoms in total. The van der Waals surface area contributed by atoms with Crippen LogP contribution in [0.2, 0.25) is 0 Å². The number of hydrogen-bond acceptors (Lipinski definition) is 5. The summed E-state index contributed by atoms with van der Waals surface area (Å²) >= 11 is 1.49. The number of likely N-dealkylation sites (tertiary alicyclic amines) is 1. The fraction of sp³-hybridized carbons (Fsp3) is 0.500. The second kappa shape index (κ2) is 7.17. The summed E-state index contributed by atoms with van der Waals surface area (Å²) in [7, 11) is 0. The molecule has 2 aliphatic rings. The van der Waals surface area contributed by atoms with Gasteiger partial charge in [-0.25, -0.2) is 4.39 Å². The number of benzene rings is 1. The summed E-state index contributed by atoms with van der Waals surface area (Å²) in [5.41, 5.74) is 0.944. The van der Waals surface area contributed by atoms with Gasteiger partial charge in [-0.15, -0.1) is 10.2 Å². The lowest BCUT2D eigenvalue weighted by molar-refractivity contribution is -0.121. The van der Waals surface area contributed by atoms with Crippen molar-refractivity contribution in [2.75, 3.05) is 18.4 Å². The monoisotopic (exact) mass is 360 g/mol. The van der Waals surface area contributed by atoms with Gasteiger partial charge < -0.3 is 5.32 Å². The quantitative estimate of drug-likeness (QED) is 0.888. The summed E-state index contributed by atoms with van der Waals surface area (Å²) in [4.78, 5) is 14.8. The van der Waals surface area contributed by atoms with Gasteiger partial charge in [0.05, 0.1) is 5.92 Å². The maximum absolute atomic E-state index is 13.3. The molecule has 2 heterocycles. The van der Waals surface area contributed by atoms with E-state index in [0.717, 1.165) is 30.0 Å². The number of carbonyl (C=O) groups excluding carboxylic acids is 1. The van der Waals surface area contributed by atoms with E-state index in [2.05, 4.69) is 20.4 Å². The molecule has 7 heteroatoms. The van der Waals surface area contributed by atoms with Gasteiger partial charge in [-0.2, -0.15) is 0 Å². The highest BCUT2D eigenvalue weighted by Gasteiger charge is 2.29. The van der Waals surface area contributed by atoms with Crippen LogP contribution in [0.5, 0.6) is 0 Å². The van der Waals surface area contributed by atoms with Gasteiger partial charge in [-0.3, -0.25) is 9.69 Å². The van der Waals surface area contributed by atoms with E-state index >= 15 is 0 Å². The zero-order valence-electron chi connectivity index (χ0n) is 13.9. The fourth-order valence-corrected chi connectivity index (χ4v) is 4.21. The van der Waals surface area contributed by atoms with Gasteiger partial charge in [0.25, 0.3) is 0 Å². The van der Waals surface area contributed by atoms with E-state index < -0.39 is 0 Å². The number of aromatic nitrogens is 2. The number of rotatable bonds is 5. The molecule has 1 amide bonds. The van der Waals surface area contributed by atoms with E-state index in [1.54, 1.807) is 12.1 Å². The Kier molecular flexibility index (Phi) is 4.76. The van der Waals surface area contributed by atoms with Crippen molar-refractivity contribution in [3.05, 3.63) is 40.7 Å². The number of halogens is 1. The molecule has 1 aliphatic heterocycles. The zero-order valence-corrected chi connectivity index (χ0v) is 14.8. The van der Waals surface area contributed by atoms with Crippen molar-refractivity contribution in [3.63, 3.8) is 0 Å². The largest absolute Gasteiger partial charge is 0.300 e. The van der Waals surface area contributed by atoms with Gasteiger partial charge in [0, 0.05) is 19.0 Å². The number of nitrogens with zero attached hydrogens (tertiary/aromatic N) is 3. The third-order valence-corrected chi connectivity index (χ3v) is 5.77. The van der Waals surface area contributed by atoms with Gasteiger partial charge in [-0.05, 0) is 49.9 Å². The van der Waals surface area contributed by atoms with Gasteiger partial charge >= 0.3 is 0 Å². The first-order valence-corrected chi connectivity index (χ1v) is 9.60. The highest BCUT2D eigenvalue weighted by Crippen LogP contribution is 2.42. The molecule has 1 aromatic carbocycles. The highest BCUT2D eigenvalue weighted by molar-refractivity contribution is 7.15. The fourth-order valence-electron chi connectivity index (χ4n) is 3.29. The molecule has 2 fully saturated rings. The minimum atomic E-state index is -0.216. The Bertz CT molecular complexity index is 761. The van der Waals surface area contributed by atoms with Crippen LogP contribution < -0.4 is 5.32 Å². The first-order chi connectivity index (χ1) is 12.2. The van der Waals surface area contributed by atoms with Crippen LogP contribution in [0.4, 0.5) is 9.52 Å². The third-order valence-electron chi connectivity index (χ3n) is 4.77. The van der Waals surface area contributed by atoms with E-state index in [0.29, 0.717) is 24.1 Å². The van der Waals surface area contributed by atoms with Crippen molar-refractivity contribution in [1.82, 2.24) is 15.1 Å². The van der Waals surface area contributed by atoms with Crippen LogP contribution in [0.25, 0.3) is 0 Å². The Balaban J connectivity index is 1.34. The van der Waals surface area contributed by atoms with Crippen LogP contribution >= 0.6 is 11.3 Å². The van der Waals surface area contributed by atoms with Crippen molar-refractivity contribution in [2.24, 2.45) is 5.92 Å². The van der Waals surface area contributed by atoms with Crippen molar-refractivity contribution >= 4 is 22.4 Å². The smallest absolute Gasteiger partial charge is 0.230 e. The molecule has 0 radical (unpaired) electrons. The molecular formula is C18H21FN4OS. The number of anilines is 1. The number of nitrogens with one attached hydrogen (secondary N) is 1. The van der Waals surface area contributed by atoms with E-state index in [1.165, 1.54) is 30.2 Å². The summed E-state index contributed by atoms with van der Waals surface area (Å²) < 4.78 is 13.3. The number of piperidine rings is 1. The zero-order chi connectivity index (χ0) is 17.2. The van der Waals surface area contributed by atoms with Crippen LogP contribution in [0.1, 0.15) is 42.2 Å². The first-order valence-electron chi connectivity index (χ1n) is 8.78. The SMILES string of the molecule is O=C(Nc1nnc(C2CC2)s1)C1CCCN(Cc2cccc(F)c2)C1. The van der Waals surface area contributed by atoms with Crippen molar-refractivity contribution in [3.8, 4) is 0 Å². The molecule has 1 saturated heterocycles. The van der Waals surface area contributed by atoms with Crippen LogP contribution in [-0.2, 0) is 11.3 Å². The molecule has 0 bridgehead atoms. The van der Waals surface area contributed by atoms with Gasteiger partial charge in [0.15, 0.2) is 0 Å². The van der Waals surface area contributed by atoms with Crippen LogP contribution in [0.3, 0.4) is 0 Å². The minimum Gasteiger partial charge on any atom is -0.300 e. The molecule has 1 aliphatic carbocycles. The molecular weight excluding hydrogens is 339 g/mol. The molecule has 1 atom stereocenters. The van der Waals surface area contributed by atoms with Gasteiger partial charge in [-0.1, -0.05) is 23.5 Å². The molecule has 2 aromatic rings. The number of hydrogen-bond donors (Lipinski definition) is 1. The molecule has 1 aromatic heterocycles. The summed E-state index contributed by atoms with van der Waals surface area (Å²) in [6, 6.07) is 6.66. The Morgan fingerprint density at radius 3 is 3.00 bits per heavy atom. The maximum atomic E-state index is 13.3. The Morgan fingerprint density at radius 2 is 2.20 bits per heavy atom. The molecule has 25 heavy (non-hydrogen) atoms. The average Bonchev–Trinajstić information content (AvgIpc) is 3.35. The molecule has 4 rings (SSSR count). The van der Waals surface area contributed by atoms with Crippen LogP contribution in [-0.4, -0.2) is 34.1 Å². The predicted molar refractivity (Wildman–Crippen MR) is 94.9 cm³/mol. The molecule has 1 saturated carbocycles. The summed E-state index contributed by atoms with van der Waals surface area (Å²) in [5, 5.41) is 12.8. The summed E-state index contributed by atoms with van der Waals surface area (Å²) in [6.45, 7) is 2.30. The highest BCUT2D eigenvalue weighted by atomic mass is 32.1. The van der Waals surface area contributed by atoms with Crippen molar-refractivity contribution in [1.29, 1.82) is 0 Å². The van der Waals surface area contributed by atoms with Crippen LogP contribution in [0.15, 0.2) is 24.3 Å². The summed E-state index contributed by atoms with van der Waals surface area (Å²) in [5.74, 6) is 0.296. The van der Waals surface area contributed by atoms with Gasteiger partial charge in [0.1, 0.15) is 10.8 Å². The van der Waals surface area contributed by atoms with E-state index in [-0.39, 0.29) is 17.6 Å². The summed E-state index contributed by atoms with van der Waals surface area (Å²) in [6.07, 6.45) is 4.21. The molecule has 1 unspecified atom stereocenters. The molecule has 0 spiro atoms. The second-order valence-electron chi connectivity index (χ2n) is 6.91. The lowest BCUT2D eigenvalue weighted by atomic mass is 9.97. The Hall–Kier alpha value is -1.86. The third kappa shape index (κ3) is 4.22. The number of carbonyl (C=O) groups is 1. The first kappa shape index (κ1) is 16.6. The van der Waals surface area contributed by atoms with E-state index in [4.69, 9.17) is 0 Å². The standard InChI is InChI=1S/C18H21FN4OS/c19-15-5-1-3-12(9-15)10-23-8-2-4-14(11-23)16(24)20-18-22-21-17(25-18)13-6-7-13/h1,3,5,9,13-14H,2,4,6-8,10-11H2,(H,20,22,24). The average molecular weight is 360 g/mol. The van der Waals surface area contributed by atoms with Gasteiger partial charge in [0.2, 0.25) is 11.0 Å². The second-order valence-corrected chi connectivity index (χ2v) is 7.92. The Labute approximate surface area is 150 Å². The van der Waals surface area contributed by atoms with Crippen LogP contribution in [0, 0.1) is 11.7 Å². The van der Waals surface area contributed by atoms with Crippen molar-refractivity contribution in [2.45, 2.75) is 38.1 Å². The predicted octanol–water partition coefficient (Wildman–Crippen LogP) is 3.41. The lowest BCUT2D eigenvalue weighted by Gasteiger charge is -2.31. The minimum absolute atomic E-state index is 0.0161. The molecule has 1 N–H and O–H groups in total. The number of amides is 1.